The van der Waals surface area contributed by atoms with Crippen LogP contribution in [0.15, 0.2) is 67.0 Å². The topological polar surface area (TPSA) is 90.2 Å². The molecule has 1 heterocycles. The molecule has 3 aromatic carbocycles. The number of alkyl halides is 3. The van der Waals surface area contributed by atoms with Gasteiger partial charge in [0.15, 0.2) is 0 Å². The summed E-state index contributed by atoms with van der Waals surface area (Å²) in [5, 5.41) is 15.9. The van der Waals surface area contributed by atoms with Crippen LogP contribution >= 0.6 is 11.6 Å². The van der Waals surface area contributed by atoms with Gasteiger partial charge in [-0.1, -0.05) is 41.9 Å². The molecule has 0 atom stereocenters. The van der Waals surface area contributed by atoms with Crippen molar-refractivity contribution >= 4 is 39.6 Å². The zero-order valence-corrected chi connectivity index (χ0v) is 16.7. The summed E-state index contributed by atoms with van der Waals surface area (Å²) in [4.78, 5) is 18.6. The molecule has 4 rings (SSSR count). The van der Waals surface area contributed by atoms with Crippen molar-refractivity contribution in [2.45, 2.75) is 6.18 Å². The molecule has 0 aliphatic carbocycles. The summed E-state index contributed by atoms with van der Waals surface area (Å²) < 4.78 is 44.7. The molecule has 0 aliphatic rings. The molecule has 0 fully saturated rings. The molecule has 1 N–H and O–H groups in total. The van der Waals surface area contributed by atoms with Gasteiger partial charge in [0.05, 0.1) is 21.2 Å². The highest BCUT2D eigenvalue weighted by molar-refractivity contribution is 6.33. The molecule has 0 spiro atoms. The molecule has 7 nitrogen and oxygen atoms in total. The Morgan fingerprint density at radius 1 is 1.00 bits per heavy atom. The minimum absolute atomic E-state index is 0.0806. The lowest BCUT2D eigenvalue weighted by Crippen LogP contribution is -2.07. The molecule has 0 aliphatic heterocycles. The average molecular weight is 461 g/mol. The van der Waals surface area contributed by atoms with E-state index in [0.29, 0.717) is 0 Å². The number of benzene rings is 3. The van der Waals surface area contributed by atoms with Crippen LogP contribution in [0.25, 0.3) is 10.8 Å². The maximum Gasteiger partial charge on any atom is 0.416 e. The molecular formula is C21H12ClF3N4O3. The summed E-state index contributed by atoms with van der Waals surface area (Å²) in [6.45, 7) is 0. The Bertz CT molecular complexity index is 1330. The van der Waals surface area contributed by atoms with E-state index in [1.165, 1.54) is 0 Å². The second kappa shape index (κ2) is 8.31. The van der Waals surface area contributed by atoms with E-state index in [0.717, 1.165) is 35.3 Å². The van der Waals surface area contributed by atoms with Gasteiger partial charge in [-0.25, -0.2) is 4.98 Å². The summed E-state index contributed by atoms with van der Waals surface area (Å²) >= 11 is 5.98. The number of nitro groups is 1. The molecule has 0 unspecified atom stereocenters. The maximum atomic E-state index is 13.0. The quantitative estimate of drug-likeness (QED) is 0.262. The van der Waals surface area contributed by atoms with Crippen LogP contribution in [0, 0.1) is 10.1 Å². The first kappa shape index (κ1) is 21.3. The molecule has 0 radical (unpaired) electrons. The van der Waals surface area contributed by atoms with E-state index in [-0.39, 0.29) is 28.2 Å². The van der Waals surface area contributed by atoms with E-state index in [9.17, 15) is 23.3 Å². The first-order chi connectivity index (χ1) is 15.2. The van der Waals surface area contributed by atoms with E-state index >= 15 is 0 Å². The predicted octanol–water partition coefficient (Wildman–Crippen LogP) is 6.75. The Morgan fingerprint density at radius 3 is 2.47 bits per heavy atom. The van der Waals surface area contributed by atoms with Crippen molar-refractivity contribution in [3.05, 3.63) is 87.7 Å². The summed E-state index contributed by atoms with van der Waals surface area (Å²) in [6, 6.07) is 15.1. The lowest BCUT2D eigenvalue weighted by Gasteiger charge is -2.13. The number of nitrogens with one attached hydrogen (secondary N) is 1. The van der Waals surface area contributed by atoms with Gasteiger partial charge in [0.1, 0.15) is 12.1 Å². The first-order valence-corrected chi connectivity index (χ1v) is 9.40. The van der Waals surface area contributed by atoms with Gasteiger partial charge >= 0.3 is 17.7 Å². The first-order valence-electron chi connectivity index (χ1n) is 9.02. The van der Waals surface area contributed by atoms with Crippen LogP contribution in [0.4, 0.5) is 30.4 Å². The molecule has 11 heteroatoms. The number of rotatable bonds is 5. The fraction of sp³-hybridized carbons (Fsp3) is 0.0476. The zero-order chi connectivity index (χ0) is 22.9. The largest absolute Gasteiger partial charge is 0.434 e. The van der Waals surface area contributed by atoms with Crippen molar-refractivity contribution < 1.29 is 22.8 Å². The number of aromatic nitrogens is 2. The number of hydrogen-bond donors (Lipinski definition) is 1. The van der Waals surface area contributed by atoms with E-state index in [2.05, 4.69) is 15.3 Å². The second-order valence-corrected chi connectivity index (χ2v) is 6.97. The molecule has 0 bridgehead atoms. The van der Waals surface area contributed by atoms with Crippen LogP contribution in [0.3, 0.4) is 0 Å². The van der Waals surface area contributed by atoms with Crippen molar-refractivity contribution in [3.63, 3.8) is 0 Å². The number of halogens is 4. The molecule has 0 amide bonds. The Kier molecular flexibility index (Phi) is 5.54. The number of anilines is 2. The van der Waals surface area contributed by atoms with Crippen LogP contribution < -0.4 is 10.1 Å². The third-order valence-corrected chi connectivity index (χ3v) is 4.78. The van der Waals surface area contributed by atoms with E-state index in [4.69, 9.17) is 16.3 Å². The molecule has 32 heavy (non-hydrogen) atoms. The zero-order valence-electron chi connectivity index (χ0n) is 15.9. The van der Waals surface area contributed by atoms with E-state index < -0.39 is 22.4 Å². The Labute approximate surface area is 183 Å². The van der Waals surface area contributed by atoms with Gasteiger partial charge < -0.3 is 10.1 Å². The Balaban J connectivity index is 1.72. The highest BCUT2D eigenvalue weighted by Gasteiger charge is 2.32. The van der Waals surface area contributed by atoms with Crippen LogP contribution in [0.5, 0.6) is 11.6 Å². The number of ether oxygens (including phenoxy) is 1. The second-order valence-electron chi connectivity index (χ2n) is 6.56. The minimum atomic E-state index is -4.62. The van der Waals surface area contributed by atoms with Crippen molar-refractivity contribution in [3.8, 4) is 11.6 Å². The van der Waals surface area contributed by atoms with Crippen molar-refractivity contribution in [2.75, 3.05) is 5.32 Å². The summed E-state index contributed by atoms with van der Waals surface area (Å²) in [6.07, 6.45) is -3.63. The maximum absolute atomic E-state index is 13.0. The number of fused-ring (bicyclic) bond motifs is 1. The Hall–Kier alpha value is -3.92. The van der Waals surface area contributed by atoms with Gasteiger partial charge in [-0.05, 0) is 41.1 Å². The molecule has 0 saturated heterocycles. The molecule has 0 saturated carbocycles. The third-order valence-electron chi connectivity index (χ3n) is 4.45. The SMILES string of the molecule is O=[N+]([O-])c1c(Nc2cc(C(F)(F)F)ccc2Cl)ncnc1Oc1ccc2ccccc2c1. The fourth-order valence-electron chi connectivity index (χ4n) is 2.96. The van der Waals surface area contributed by atoms with E-state index in [1.807, 2.05) is 24.3 Å². The van der Waals surface area contributed by atoms with Crippen LogP contribution in [-0.4, -0.2) is 14.9 Å². The van der Waals surface area contributed by atoms with Crippen LogP contribution in [0.1, 0.15) is 5.56 Å². The average Bonchev–Trinajstić information content (AvgIpc) is 2.74. The molecule has 162 valence electrons. The van der Waals surface area contributed by atoms with Crippen molar-refractivity contribution in [1.29, 1.82) is 0 Å². The fourth-order valence-corrected chi connectivity index (χ4v) is 3.13. The minimum Gasteiger partial charge on any atom is -0.434 e. The van der Waals surface area contributed by atoms with Crippen molar-refractivity contribution in [2.24, 2.45) is 0 Å². The summed E-state index contributed by atoms with van der Waals surface area (Å²) in [5.41, 5.74) is -1.84. The lowest BCUT2D eigenvalue weighted by atomic mass is 10.1. The van der Waals surface area contributed by atoms with E-state index in [1.54, 1.807) is 18.2 Å². The van der Waals surface area contributed by atoms with Gasteiger partial charge in [0.2, 0.25) is 5.82 Å². The van der Waals surface area contributed by atoms with Crippen molar-refractivity contribution in [1.82, 2.24) is 9.97 Å². The standard InChI is InChI=1S/C21H12ClF3N4O3/c22-16-8-6-14(21(23,24)25)10-17(16)28-19-18(29(30)31)20(27-11-26-19)32-15-7-5-12-3-1-2-4-13(12)9-15/h1-11H,(H,26,27,28). The summed E-state index contributed by atoms with van der Waals surface area (Å²) in [7, 11) is 0. The van der Waals surface area contributed by atoms with Crippen LogP contribution in [0.2, 0.25) is 5.02 Å². The predicted molar refractivity (Wildman–Crippen MR) is 112 cm³/mol. The monoisotopic (exact) mass is 460 g/mol. The van der Waals surface area contributed by atoms with Gasteiger partial charge in [-0.15, -0.1) is 0 Å². The van der Waals surface area contributed by atoms with Gasteiger partial charge in [-0.3, -0.25) is 10.1 Å². The number of nitrogens with zero attached hydrogens (tertiary/aromatic N) is 3. The molecular weight excluding hydrogens is 449 g/mol. The van der Waals surface area contributed by atoms with Gasteiger partial charge in [0.25, 0.3) is 0 Å². The smallest absolute Gasteiger partial charge is 0.416 e. The number of hydrogen-bond acceptors (Lipinski definition) is 6. The highest BCUT2D eigenvalue weighted by Crippen LogP contribution is 2.39. The van der Waals surface area contributed by atoms with Gasteiger partial charge in [0, 0.05) is 0 Å². The normalized spacial score (nSPS) is 11.4. The molecule has 1 aromatic heterocycles. The van der Waals surface area contributed by atoms with Crippen LogP contribution in [-0.2, 0) is 6.18 Å². The third kappa shape index (κ3) is 4.40. The Morgan fingerprint density at radius 2 is 1.75 bits per heavy atom. The lowest BCUT2D eigenvalue weighted by molar-refractivity contribution is -0.385. The molecule has 4 aromatic rings. The van der Waals surface area contributed by atoms with Gasteiger partial charge in [-0.2, -0.15) is 18.2 Å². The summed E-state index contributed by atoms with van der Waals surface area (Å²) in [5.74, 6) is -0.471. The highest BCUT2D eigenvalue weighted by atomic mass is 35.5.